The molecule has 0 aliphatic carbocycles. The first-order chi connectivity index (χ1) is 12.0. The van der Waals surface area contributed by atoms with E-state index in [1.807, 2.05) is 0 Å². The van der Waals surface area contributed by atoms with Gasteiger partial charge in [0.2, 0.25) is 0 Å². The second-order valence-corrected chi connectivity index (χ2v) is 6.01. The zero-order chi connectivity index (χ0) is 18.2. The minimum Gasteiger partial charge on any atom is -0.356 e. The Morgan fingerprint density at radius 3 is 2.64 bits per heavy atom. The van der Waals surface area contributed by atoms with Gasteiger partial charge in [0.25, 0.3) is 5.69 Å². The van der Waals surface area contributed by atoms with E-state index in [9.17, 15) is 10.1 Å². The number of rotatable bonds is 6. The van der Waals surface area contributed by atoms with Crippen LogP contribution in [0.4, 0.5) is 5.69 Å². The van der Waals surface area contributed by atoms with Crippen LogP contribution in [0.1, 0.15) is 29.5 Å². The number of hydrogen-bond acceptors (Lipinski definition) is 3. The maximum Gasteiger partial charge on any atom is 0.274 e. The molecule has 0 spiro atoms. The molecule has 0 aliphatic rings. The van der Waals surface area contributed by atoms with E-state index in [-0.39, 0.29) is 10.6 Å². The summed E-state index contributed by atoms with van der Waals surface area (Å²) in [5, 5.41) is 17.5. The molecule has 6 heteroatoms. The summed E-state index contributed by atoms with van der Waals surface area (Å²) in [7, 11) is 1.69. The predicted octanol–water partition coefficient (Wildman–Crippen LogP) is 3.37. The second kappa shape index (κ2) is 8.82. The van der Waals surface area contributed by atoms with Gasteiger partial charge in [0.1, 0.15) is 0 Å². The molecule has 2 aromatic carbocycles. The van der Waals surface area contributed by atoms with E-state index in [0.717, 1.165) is 6.54 Å². The van der Waals surface area contributed by atoms with Crippen LogP contribution in [-0.4, -0.2) is 24.5 Å². The lowest BCUT2D eigenvalue weighted by atomic mass is 9.99. The molecule has 0 radical (unpaired) electrons. The van der Waals surface area contributed by atoms with Crippen molar-refractivity contribution in [2.24, 2.45) is 4.99 Å². The number of para-hydroxylation sites is 1. The molecule has 132 valence electrons. The monoisotopic (exact) mass is 340 g/mol. The lowest BCUT2D eigenvalue weighted by Crippen LogP contribution is -2.38. The van der Waals surface area contributed by atoms with Crippen molar-refractivity contribution >= 4 is 11.6 Å². The first-order valence-corrected chi connectivity index (χ1v) is 8.24. The van der Waals surface area contributed by atoms with Crippen molar-refractivity contribution in [3.63, 3.8) is 0 Å². The highest BCUT2D eigenvalue weighted by molar-refractivity contribution is 5.79. The topological polar surface area (TPSA) is 79.6 Å². The number of benzene rings is 2. The van der Waals surface area contributed by atoms with Crippen molar-refractivity contribution in [1.82, 2.24) is 10.6 Å². The van der Waals surface area contributed by atoms with Gasteiger partial charge in [0, 0.05) is 31.8 Å². The molecule has 6 nitrogen and oxygen atoms in total. The Hall–Kier alpha value is -2.89. The Bertz CT molecular complexity index is 759. The van der Waals surface area contributed by atoms with Crippen LogP contribution in [-0.2, 0) is 6.54 Å². The maximum absolute atomic E-state index is 11.1. The van der Waals surface area contributed by atoms with Crippen LogP contribution in [0, 0.1) is 17.0 Å². The number of nitrogens with one attached hydrogen (secondary N) is 2. The number of aryl methyl sites for hydroxylation is 1. The summed E-state index contributed by atoms with van der Waals surface area (Å²) in [4.78, 5) is 14.9. The van der Waals surface area contributed by atoms with Gasteiger partial charge in [-0.2, -0.15) is 0 Å². The van der Waals surface area contributed by atoms with E-state index in [1.54, 1.807) is 25.2 Å². The fourth-order valence-electron chi connectivity index (χ4n) is 2.58. The number of guanidine groups is 1. The van der Waals surface area contributed by atoms with Gasteiger partial charge in [0.15, 0.2) is 5.96 Å². The van der Waals surface area contributed by atoms with Crippen LogP contribution >= 0.6 is 0 Å². The molecule has 0 heterocycles. The molecule has 0 saturated carbocycles. The molecule has 0 aliphatic heterocycles. The second-order valence-electron chi connectivity index (χ2n) is 6.01. The van der Waals surface area contributed by atoms with Crippen LogP contribution in [0.2, 0.25) is 0 Å². The van der Waals surface area contributed by atoms with Crippen LogP contribution in [0.3, 0.4) is 0 Å². The van der Waals surface area contributed by atoms with Crippen LogP contribution in [0.25, 0.3) is 0 Å². The quantitative estimate of drug-likeness (QED) is 0.366. The van der Waals surface area contributed by atoms with Crippen molar-refractivity contribution in [2.75, 3.05) is 13.6 Å². The summed E-state index contributed by atoms with van der Waals surface area (Å²) in [6, 6.07) is 15.1. The summed E-state index contributed by atoms with van der Waals surface area (Å²) in [6.07, 6.45) is 0. The largest absolute Gasteiger partial charge is 0.356 e. The van der Waals surface area contributed by atoms with E-state index in [1.165, 1.54) is 17.2 Å². The molecule has 2 N–H and O–H groups in total. The minimum absolute atomic E-state index is 0.110. The first-order valence-electron chi connectivity index (χ1n) is 8.24. The van der Waals surface area contributed by atoms with Crippen molar-refractivity contribution in [2.45, 2.75) is 26.3 Å². The molecule has 2 rings (SSSR count). The van der Waals surface area contributed by atoms with Gasteiger partial charge >= 0.3 is 0 Å². The number of nitro groups is 1. The first kappa shape index (κ1) is 18.4. The van der Waals surface area contributed by atoms with Crippen LogP contribution in [0.15, 0.2) is 53.5 Å². The predicted molar refractivity (Wildman–Crippen MR) is 101 cm³/mol. The lowest BCUT2D eigenvalue weighted by molar-refractivity contribution is -0.385. The van der Waals surface area contributed by atoms with Crippen LogP contribution < -0.4 is 10.6 Å². The van der Waals surface area contributed by atoms with Gasteiger partial charge in [-0.25, -0.2) is 0 Å². The Morgan fingerprint density at radius 1 is 1.20 bits per heavy atom. The van der Waals surface area contributed by atoms with Crippen molar-refractivity contribution in [1.29, 1.82) is 0 Å². The number of hydrogen-bond donors (Lipinski definition) is 2. The molecular formula is C19H24N4O2. The standard InChI is InChI=1S/C19H24N4O2/c1-14-7-6-9-16(11-14)15(2)12-21-19(20-3)22-13-17-8-4-5-10-18(17)23(24)25/h4-11,15H,12-13H2,1-3H3,(H2,20,21,22). The van der Waals surface area contributed by atoms with Gasteiger partial charge in [0.05, 0.1) is 4.92 Å². The average Bonchev–Trinajstić information content (AvgIpc) is 2.61. The average molecular weight is 340 g/mol. The highest BCUT2D eigenvalue weighted by Crippen LogP contribution is 2.17. The molecule has 0 saturated heterocycles. The molecule has 0 bridgehead atoms. The van der Waals surface area contributed by atoms with Gasteiger partial charge in [-0.1, -0.05) is 55.0 Å². The zero-order valence-corrected chi connectivity index (χ0v) is 14.8. The lowest BCUT2D eigenvalue weighted by Gasteiger charge is -2.17. The highest BCUT2D eigenvalue weighted by atomic mass is 16.6. The van der Waals surface area contributed by atoms with Crippen molar-refractivity contribution in [3.8, 4) is 0 Å². The molecule has 25 heavy (non-hydrogen) atoms. The normalized spacial score (nSPS) is 12.5. The summed E-state index contributed by atoms with van der Waals surface area (Å²) in [5.41, 5.74) is 3.24. The Kier molecular flexibility index (Phi) is 6.51. The van der Waals surface area contributed by atoms with Gasteiger partial charge < -0.3 is 10.6 Å². The number of nitrogens with zero attached hydrogens (tertiary/aromatic N) is 2. The van der Waals surface area contributed by atoms with E-state index < -0.39 is 0 Å². The van der Waals surface area contributed by atoms with Crippen molar-refractivity contribution < 1.29 is 4.92 Å². The number of aliphatic imine (C=N–C) groups is 1. The Balaban J connectivity index is 1.92. The zero-order valence-electron chi connectivity index (χ0n) is 14.8. The molecule has 0 fully saturated rings. The molecule has 1 unspecified atom stereocenters. The van der Waals surface area contributed by atoms with E-state index >= 15 is 0 Å². The molecular weight excluding hydrogens is 316 g/mol. The van der Waals surface area contributed by atoms with Crippen molar-refractivity contribution in [3.05, 3.63) is 75.3 Å². The molecule has 2 aromatic rings. The van der Waals surface area contributed by atoms with E-state index in [4.69, 9.17) is 0 Å². The fourth-order valence-corrected chi connectivity index (χ4v) is 2.58. The van der Waals surface area contributed by atoms with Gasteiger partial charge in [-0.05, 0) is 18.4 Å². The third-order valence-corrected chi connectivity index (χ3v) is 4.05. The third-order valence-electron chi connectivity index (χ3n) is 4.05. The third kappa shape index (κ3) is 5.31. The Morgan fingerprint density at radius 2 is 1.96 bits per heavy atom. The molecule has 1 atom stereocenters. The minimum atomic E-state index is -0.368. The van der Waals surface area contributed by atoms with E-state index in [0.29, 0.717) is 24.0 Å². The fraction of sp³-hybridized carbons (Fsp3) is 0.316. The maximum atomic E-state index is 11.1. The smallest absolute Gasteiger partial charge is 0.274 e. The number of nitro benzene ring substituents is 1. The summed E-state index contributed by atoms with van der Waals surface area (Å²) in [5.74, 6) is 0.946. The van der Waals surface area contributed by atoms with Crippen LogP contribution in [0.5, 0.6) is 0 Å². The summed E-state index contributed by atoms with van der Waals surface area (Å²) >= 11 is 0. The van der Waals surface area contributed by atoms with E-state index in [2.05, 4.69) is 53.7 Å². The summed E-state index contributed by atoms with van der Waals surface area (Å²) in [6.45, 7) is 5.30. The summed E-state index contributed by atoms with van der Waals surface area (Å²) < 4.78 is 0. The van der Waals surface area contributed by atoms with Gasteiger partial charge in [-0.3, -0.25) is 15.1 Å². The molecule has 0 aromatic heterocycles. The molecule has 0 amide bonds. The Labute approximate surface area is 148 Å². The highest BCUT2D eigenvalue weighted by Gasteiger charge is 2.13. The SMILES string of the molecule is CN=C(NCc1ccccc1[N+](=O)[O-])NCC(C)c1cccc(C)c1. The van der Waals surface area contributed by atoms with Gasteiger partial charge in [-0.15, -0.1) is 0 Å².